The van der Waals surface area contributed by atoms with E-state index in [2.05, 4.69) is 5.10 Å². The Balaban J connectivity index is 2.02. The van der Waals surface area contributed by atoms with Gasteiger partial charge in [0.2, 0.25) is 0 Å². The predicted octanol–water partition coefficient (Wildman–Crippen LogP) is 2.29. The number of nitrogens with zero attached hydrogens (tertiary/aromatic N) is 2. The predicted molar refractivity (Wildman–Crippen MR) is 71.2 cm³/mol. The highest BCUT2D eigenvalue weighted by Gasteiger charge is 2.12. The van der Waals surface area contributed by atoms with Gasteiger partial charge >= 0.3 is 0 Å². The molecule has 0 fully saturated rings. The molecule has 96 valence electrons. The van der Waals surface area contributed by atoms with Gasteiger partial charge in [-0.15, -0.1) is 0 Å². The lowest BCUT2D eigenvalue weighted by atomic mass is 10.2. The summed E-state index contributed by atoms with van der Waals surface area (Å²) >= 11 is 6.07. The van der Waals surface area contributed by atoms with E-state index in [4.69, 9.17) is 22.1 Å². The lowest BCUT2D eigenvalue weighted by Gasteiger charge is -2.14. The molecule has 0 spiro atoms. The van der Waals surface area contributed by atoms with E-state index in [0.29, 0.717) is 18.2 Å². The summed E-state index contributed by atoms with van der Waals surface area (Å²) < 4.78 is 7.53. The van der Waals surface area contributed by atoms with Crippen LogP contribution in [0.15, 0.2) is 36.7 Å². The second-order valence-electron chi connectivity index (χ2n) is 4.07. The Labute approximate surface area is 111 Å². The Morgan fingerprint density at radius 2 is 2.22 bits per heavy atom. The van der Waals surface area contributed by atoms with Crippen LogP contribution in [0, 0.1) is 0 Å². The largest absolute Gasteiger partial charge is 0.367 e. The quantitative estimate of drug-likeness (QED) is 0.902. The minimum atomic E-state index is -0.157. The number of halogens is 1. The molecule has 0 bridgehead atoms. The molecule has 1 unspecified atom stereocenters. The van der Waals surface area contributed by atoms with E-state index in [1.807, 2.05) is 37.5 Å². The van der Waals surface area contributed by atoms with Crippen molar-refractivity contribution in [1.82, 2.24) is 9.78 Å². The van der Waals surface area contributed by atoms with Crippen molar-refractivity contribution in [2.75, 3.05) is 6.54 Å². The number of nitrogens with two attached hydrogens (primary N) is 1. The standard InChI is InChI=1S/C13H16ClN3O/c1-17-8-11(7-16-17)13(6-15)18-9-10-4-2-3-5-12(10)14/h2-5,7-8,13H,6,9,15H2,1H3. The summed E-state index contributed by atoms with van der Waals surface area (Å²) in [5.74, 6) is 0. The fourth-order valence-corrected chi connectivity index (χ4v) is 1.90. The molecule has 0 saturated carbocycles. The zero-order chi connectivity index (χ0) is 13.0. The molecule has 2 aromatic rings. The number of aromatic nitrogens is 2. The van der Waals surface area contributed by atoms with Crippen LogP contribution in [0.2, 0.25) is 5.02 Å². The normalized spacial score (nSPS) is 12.6. The second kappa shape index (κ2) is 6.00. The Kier molecular flexibility index (Phi) is 4.36. The van der Waals surface area contributed by atoms with Crippen molar-refractivity contribution in [1.29, 1.82) is 0 Å². The van der Waals surface area contributed by atoms with Gasteiger partial charge in [-0.1, -0.05) is 29.8 Å². The van der Waals surface area contributed by atoms with Gasteiger partial charge in [0.1, 0.15) is 0 Å². The molecule has 0 aliphatic carbocycles. The molecule has 0 aliphatic rings. The van der Waals surface area contributed by atoms with Crippen LogP contribution in [0.4, 0.5) is 0 Å². The highest BCUT2D eigenvalue weighted by atomic mass is 35.5. The van der Waals surface area contributed by atoms with E-state index in [0.717, 1.165) is 11.1 Å². The van der Waals surface area contributed by atoms with E-state index in [-0.39, 0.29) is 6.10 Å². The zero-order valence-corrected chi connectivity index (χ0v) is 11.0. The summed E-state index contributed by atoms with van der Waals surface area (Å²) in [7, 11) is 1.87. The third-order valence-corrected chi connectivity index (χ3v) is 3.08. The van der Waals surface area contributed by atoms with Gasteiger partial charge in [0.05, 0.1) is 18.9 Å². The summed E-state index contributed by atoms with van der Waals surface area (Å²) in [6.45, 7) is 0.854. The summed E-state index contributed by atoms with van der Waals surface area (Å²) in [5, 5.41) is 4.82. The summed E-state index contributed by atoms with van der Waals surface area (Å²) in [6.07, 6.45) is 3.52. The average Bonchev–Trinajstić information content (AvgIpc) is 2.79. The zero-order valence-electron chi connectivity index (χ0n) is 10.2. The smallest absolute Gasteiger partial charge is 0.0981 e. The molecule has 5 heteroatoms. The SMILES string of the molecule is Cn1cc(C(CN)OCc2ccccc2Cl)cn1. The van der Waals surface area contributed by atoms with Gasteiger partial charge < -0.3 is 10.5 Å². The van der Waals surface area contributed by atoms with Crippen molar-refractivity contribution in [2.45, 2.75) is 12.7 Å². The van der Waals surface area contributed by atoms with Crippen molar-refractivity contribution in [3.8, 4) is 0 Å². The molecule has 1 atom stereocenters. The maximum absolute atomic E-state index is 6.07. The van der Waals surface area contributed by atoms with Crippen LogP contribution in [0.5, 0.6) is 0 Å². The van der Waals surface area contributed by atoms with Crippen molar-refractivity contribution in [3.63, 3.8) is 0 Å². The van der Waals surface area contributed by atoms with E-state index in [1.54, 1.807) is 10.9 Å². The van der Waals surface area contributed by atoms with Crippen LogP contribution >= 0.6 is 11.6 Å². The third kappa shape index (κ3) is 3.10. The van der Waals surface area contributed by atoms with Gasteiger partial charge in [-0.25, -0.2) is 0 Å². The van der Waals surface area contributed by atoms with E-state index < -0.39 is 0 Å². The Morgan fingerprint density at radius 3 is 2.83 bits per heavy atom. The topological polar surface area (TPSA) is 53.1 Å². The molecule has 18 heavy (non-hydrogen) atoms. The van der Waals surface area contributed by atoms with Gasteiger partial charge in [0.25, 0.3) is 0 Å². The number of hydrogen-bond acceptors (Lipinski definition) is 3. The van der Waals surface area contributed by atoms with Crippen LogP contribution in [0.3, 0.4) is 0 Å². The molecule has 2 rings (SSSR count). The highest BCUT2D eigenvalue weighted by molar-refractivity contribution is 6.31. The van der Waals surface area contributed by atoms with Gasteiger partial charge in [-0.3, -0.25) is 4.68 Å². The summed E-state index contributed by atoms with van der Waals surface area (Å²) in [6, 6.07) is 7.63. The molecule has 1 aromatic carbocycles. The molecule has 1 aromatic heterocycles. The highest BCUT2D eigenvalue weighted by Crippen LogP contribution is 2.21. The van der Waals surface area contributed by atoms with Crippen LogP contribution in [-0.2, 0) is 18.4 Å². The maximum Gasteiger partial charge on any atom is 0.0981 e. The number of hydrogen-bond donors (Lipinski definition) is 1. The molecule has 1 heterocycles. The van der Waals surface area contributed by atoms with Crippen LogP contribution in [0.1, 0.15) is 17.2 Å². The van der Waals surface area contributed by atoms with Gasteiger partial charge in [-0.05, 0) is 11.6 Å². The fourth-order valence-electron chi connectivity index (χ4n) is 1.71. The first kappa shape index (κ1) is 13.1. The van der Waals surface area contributed by atoms with Crippen molar-refractivity contribution in [3.05, 3.63) is 52.8 Å². The molecule has 0 amide bonds. The molecule has 0 saturated heterocycles. The van der Waals surface area contributed by atoms with E-state index in [9.17, 15) is 0 Å². The first-order chi connectivity index (χ1) is 8.70. The lowest BCUT2D eigenvalue weighted by molar-refractivity contribution is 0.0456. The van der Waals surface area contributed by atoms with Crippen molar-refractivity contribution in [2.24, 2.45) is 12.8 Å². The number of ether oxygens (including phenoxy) is 1. The monoisotopic (exact) mass is 265 g/mol. The second-order valence-corrected chi connectivity index (χ2v) is 4.48. The van der Waals surface area contributed by atoms with Crippen LogP contribution in [0.25, 0.3) is 0 Å². The average molecular weight is 266 g/mol. The molecule has 0 radical (unpaired) electrons. The Morgan fingerprint density at radius 1 is 1.44 bits per heavy atom. The summed E-state index contributed by atoms with van der Waals surface area (Å²) in [4.78, 5) is 0. The summed E-state index contributed by atoms with van der Waals surface area (Å²) in [5.41, 5.74) is 7.66. The lowest BCUT2D eigenvalue weighted by Crippen LogP contribution is -2.15. The van der Waals surface area contributed by atoms with Crippen molar-refractivity contribution >= 4 is 11.6 Å². The minimum absolute atomic E-state index is 0.157. The van der Waals surface area contributed by atoms with Gasteiger partial charge in [0, 0.05) is 30.4 Å². The third-order valence-electron chi connectivity index (χ3n) is 2.71. The molecular formula is C13H16ClN3O. The van der Waals surface area contributed by atoms with Gasteiger partial charge in [0.15, 0.2) is 0 Å². The van der Waals surface area contributed by atoms with Gasteiger partial charge in [-0.2, -0.15) is 5.10 Å². The molecule has 4 nitrogen and oxygen atoms in total. The van der Waals surface area contributed by atoms with Crippen LogP contribution < -0.4 is 5.73 Å². The van der Waals surface area contributed by atoms with Crippen LogP contribution in [-0.4, -0.2) is 16.3 Å². The molecule has 2 N–H and O–H groups in total. The first-order valence-electron chi connectivity index (χ1n) is 5.74. The van der Waals surface area contributed by atoms with E-state index in [1.165, 1.54) is 0 Å². The molecular weight excluding hydrogens is 250 g/mol. The van der Waals surface area contributed by atoms with E-state index >= 15 is 0 Å². The number of rotatable bonds is 5. The first-order valence-corrected chi connectivity index (χ1v) is 6.12. The Bertz CT molecular complexity index is 512. The number of aryl methyl sites for hydroxylation is 1. The fraction of sp³-hybridized carbons (Fsp3) is 0.308. The maximum atomic E-state index is 6.07. The molecule has 0 aliphatic heterocycles. The Hall–Kier alpha value is -1.36. The minimum Gasteiger partial charge on any atom is -0.367 e. The van der Waals surface area contributed by atoms with Crippen molar-refractivity contribution < 1.29 is 4.74 Å². The number of benzene rings is 1.